The maximum absolute atomic E-state index is 12.6. The minimum Gasteiger partial charge on any atom is -0.336 e. The molecule has 0 bridgehead atoms. The Morgan fingerprint density at radius 1 is 1.03 bits per heavy atom. The Hall–Kier alpha value is -2.83. The molecule has 10 nitrogen and oxygen atoms in total. The van der Waals surface area contributed by atoms with Crippen molar-refractivity contribution < 1.29 is 8.42 Å². The van der Waals surface area contributed by atoms with E-state index in [4.69, 9.17) is 11.6 Å². The quantitative estimate of drug-likeness (QED) is 0.467. The number of rotatable bonds is 8. The van der Waals surface area contributed by atoms with E-state index in [2.05, 4.69) is 54.6 Å². The summed E-state index contributed by atoms with van der Waals surface area (Å²) in [7, 11) is 1.28. The number of aromatic nitrogens is 3. The van der Waals surface area contributed by atoms with Crippen molar-refractivity contribution in [1.29, 1.82) is 0 Å². The average molecular weight is 517 g/mol. The van der Waals surface area contributed by atoms with Crippen molar-refractivity contribution in [3.8, 4) is 0 Å². The van der Waals surface area contributed by atoms with Crippen molar-refractivity contribution >= 4 is 44.8 Å². The molecule has 1 aliphatic heterocycles. The number of hydrogen-bond donors (Lipinski definition) is 2. The lowest BCUT2D eigenvalue weighted by atomic mass is 10.2. The lowest BCUT2D eigenvalue weighted by Gasteiger charge is -2.32. The Labute approximate surface area is 211 Å². The van der Waals surface area contributed by atoms with Gasteiger partial charge in [0.05, 0.1) is 11.9 Å². The zero-order chi connectivity index (χ0) is 25.0. The molecule has 3 heterocycles. The van der Waals surface area contributed by atoms with Crippen LogP contribution in [0.25, 0.3) is 0 Å². The van der Waals surface area contributed by atoms with Crippen LogP contribution in [-0.2, 0) is 16.6 Å². The van der Waals surface area contributed by atoms with E-state index in [0.29, 0.717) is 5.95 Å². The summed E-state index contributed by atoms with van der Waals surface area (Å²) in [6.45, 7) is 5.23. The van der Waals surface area contributed by atoms with Crippen LogP contribution in [0.15, 0.2) is 53.8 Å². The zero-order valence-electron chi connectivity index (χ0n) is 19.9. The topological polar surface area (TPSA) is 107 Å². The van der Waals surface area contributed by atoms with E-state index in [1.54, 1.807) is 12.1 Å². The second-order valence-corrected chi connectivity index (χ2v) is 11.0. The first-order chi connectivity index (χ1) is 16.7. The third-order valence-electron chi connectivity index (χ3n) is 5.71. The molecule has 0 atom stereocenters. The van der Waals surface area contributed by atoms with Crippen LogP contribution < -0.4 is 10.6 Å². The molecule has 12 heteroatoms. The van der Waals surface area contributed by atoms with E-state index in [-0.39, 0.29) is 21.6 Å². The highest BCUT2D eigenvalue weighted by Crippen LogP contribution is 2.28. The highest BCUT2D eigenvalue weighted by molar-refractivity contribution is 7.89. The van der Waals surface area contributed by atoms with Gasteiger partial charge < -0.3 is 15.5 Å². The van der Waals surface area contributed by atoms with Crippen molar-refractivity contribution in [2.75, 3.05) is 58.0 Å². The van der Waals surface area contributed by atoms with E-state index < -0.39 is 10.0 Å². The molecule has 4 rings (SSSR count). The van der Waals surface area contributed by atoms with Gasteiger partial charge in [-0.3, -0.25) is 4.90 Å². The van der Waals surface area contributed by atoms with E-state index in [1.165, 1.54) is 32.1 Å². The number of nitrogens with one attached hydrogen (secondary N) is 2. The Balaban J connectivity index is 1.47. The summed E-state index contributed by atoms with van der Waals surface area (Å²) in [5.41, 5.74) is 2.34. The molecule has 1 aliphatic rings. The summed E-state index contributed by atoms with van der Waals surface area (Å²) in [6.07, 6.45) is 2.88. The summed E-state index contributed by atoms with van der Waals surface area (Å²) in [5, 5.41) is 6.28. The molecule has 0 amide bonds. The highest BCUT2D eigenvalue weighted by atomic mass is 35.5. The number of halogens is 1. The van der Waals surface area contributed by atoms with Crippen LogP contribution in [0.1, 0.15) is 5.56 Å². The molecular formula is C23H29ClN8O2S. The third-order valence-corrected chi connectivity index (χ3v) is 7.76. The van der Waals surface area contributed by atoms with Crippen molar-refractivity contribution in [3.05, 3.63) is 59.4 Å². The average Bonchev–Trinajstić information content (AvgIpc) is 2.84. The van der Waals surface area contributed by atoms with Crippen molar-refractivity contribution in [1.82, 2.24) is 29.1 Å². The van der Waals surface area contributed by atoms with Crippen LogP contribution in [-0.4, -0.2) is 84.8 Å². The molecule has 35 heavy (non-hydrogen) atoms. The summed E-state index contributed by atoms with van der Waals surface area (Å²) in [4.78, 5) is 17.5. The molecule has 2 aromatic heterocycles. The third kappa shape index (κ3) is 6.24. The summed E-state index contributed by atoms with van der Waals surface area (Å²) in [5.74, 6) is 0.587. The second-order valence-electron chi connectivity index (χ2n) is 8.56. The minimum atomic E-state index is -3.77. The monoisotopic (exact) mass is 516 g/mol. The lowest BCUT2D eigenvalue weighted by Crippen LogP contribution is -2.43. The molecule has 186 valence electrons. The van der Waals surface area contributed by atoms with Gasteiger partial charge in [0.2, 0.25) is 5.95 Å². The number of benzene rings is 1. The van der Waals surface area contributed by atoms with Gasteiger partial charge in [-0.05, 0) is 36.9 Å². The van der Waals surface area contributed by atoms with Gasteiger partial charge >= 0.3 is 0 Å². The number of anilines is 4. The molecule has 0 unspecified atom stereocenters. The number of hydrogen-bond acceptors (Lipinski definition) is 9. The number of nitrogens with zero attached hydrogens (tertiary/aromatic N) is 6. The van der Waals surface area contributed by atoms with Gasteiger partial charge in [-0.1, -0.05) is 23.7 Å². The first-order valence-electron chi connectivity index (χ1n) is 11.2. The standard InChI is InChI=1S/C23H29ClN8O2S/c1-30(2)35(33,34)22-20(5-4-10-25-22)28-21-19(24)15-26-23(29-21)27-18-8-6-17(7-9-18)16-32-13-11-31(3)12-14-32/h4-10,15H,11-14,16H2,1-3H3,(H2,26,27,28,29). The number of likely N-dealkylation sites (N-methyl/N-ethyl adjacent to an activating group) is 1. The van der Waals surface area contributed by atoms with Crippen LogP contribution in [0.4, 0.5) is 23.1 Å². The number of sulfonamides is 1. The highest BCUT2D eigenvalue weighted by Gasteiger charge is 2.23. The van der Waals surface area contributed by atoms with Crippen molar-refractivity contribution in [3.63, 3.8) is 0 Å². The van der Waals surface area contributed by atoms with Gasteiger partial charge in [-0.2, -0.15) is 4.98 Å². The first-order valence-corrected chi connectivity index (χ1v) is 13.0. The Morgan fingerprint density at radius 3 is 2.43 bits per heavy atom. The summed E-state index contributed by atoms with van der Waals surface area (Å²) >= 11 is 6.30. The Morgan fingerprint density at radius 2 is 1.74 bits per heavy atom. The molecule has 0 saturated carbocycles. The van der Waals surface area contributed by atoms with Crippen LogP contribution in [0.3, 0.4) is 0 Å². The molecule has 1 saturated heterocycles. The van der Waals surface area contributed by atoms with Crippen molar-refractivity contribution in [2.24, 2.45) is 0 Å². The largest absolute Gasteiger partial charge is 0.336 e. The Bertz CT molecular complexity index is 1260. The molecule has 1 fully saturated rings. The minimum absolute atomic E-state index is 0.120. The SMILES string of the molecule is CN1CCN(Cc2ccc(Nc3ncc(Cl)c(Nc4cccnc4S(=O)(=O)N(C)C)n3)cc2)CC1. The predicted molar refractivity (Wildman–Crippen MR) is 138 cm³/mol. The molecular weight excluding hydrogens is 488 g/mol. The molecule has 0 radical (unpaired) electrons. The van der Waals surface area contributed by atoms with E-state index in [9.17, 15) is 8.42 Å². The predicted octanol–water partition coefficient (Wildman–Crippen LogP) is 3.01. The van der Waals surface area contributed by atoms with Gasteiger partial charge in [0.25, 0.3) is 10.0 Å². The van der Waals surface area contributed by atoms with E-state index in [0.717, 1.165) is 42.7 Å². The fourth-order valence-electron chi connectivity index (χ4n) is 3.59. The van der Waals surface area contributed by atoms with Crippen LogP contribution in [0, 0.1) is 0 Å². The number of piperazine rings is 1. The fourth-order valence-corrected chi connectivity index (χ4v) is 4.67. The van der Waals surface area contributed by atoms with Crippen molar-refractivity contribution in [2.45, 2.75) is 11.6 Å². The molecule has 0 spiro atoms. The van der Waals surface area contributed by atoms with Crippen LogP contribution in [0.2, 0.25) is 5.02 Å². The maximum Gasteiger partial charge on any atom is 0.262 e. The van der Waals surface area contributed by atoms with Crippen LogP contribution >= 0.6 is 11.6 Å². The van der Waals surface area contributed by atoms with Gasteiger partial charge in [0.1, 0.15) is 5.02 Å². The smallest absolute Gasteiger partial charge is 0.262 e. The van der Waals surface area contributed by atoms with Gasteiger partial charge in [0, 0.05) is 58.7 Å². The molecule has 3 aromatic rings. The first kappa shape index (κ1) is 25.3. The summed E-state index contributed by atoms with van der Waals surface area (Å²) < 4.78 is 26.4. The lowest BCUT2D eigenvalue weighted by molar-refractivity contribution is 0.148. The van der Waals surface area contributed by atoms with E-state index in [1.807, 2.05) is 12.1 Å². The summed E-state index contributed by atoms with van der Waals surface area (Å²) in [6, 6.07) is 11.4. The molecule has 2 N–H and O–H groups in total. The zero-order valence-corrected chi connectivity index (χ0v) is 21.5. The van der Waals surface area contributed by atoms with Gasteiger partial charge in [-0.15, -0.1) is 0 Å². The maximum atomic E-state index is 12.6. The molecule has 0 aliphatic carbocycles. The van der Waals surface area contributed by atoms with Gasteiger partial charge in [-0.25, -0.2) is 22.7 Å². The van der Waals surface area contributed by atoms with E-state index >= 15 is 0 Å². The number of pyridine rings is 1. The second kappa shape index (κ2) is 10.8. The molecule has 1 aromatic carbocycles. The normalized spacial score (nSPS) is 15.3. The van der Waals surface area contributed by atoms with Crippen LogP contribution in [0.5, 0.6) is 0 Å². The van der Waals surface area contributed by atoms with Gasteiger partial charge in [0.15, 0.2) is 10.8 Å². The Kier molecular flexibility index (Phi) is 7.82. The fraction of sp³-hybridized carbons (Fsp3) is 0.348.